The third-order valence-corrected chi connectivity index (χ3v) is 2.70. The van der Waals surface area contributed by atoms with E-state index in [1.165, 1.54) is 0 Å². The second kappa shape index (κ2) is 4.45. The molecule has 82 valence electrons. The Morgan fingerprint density at radius 3 is 2.81 bits per heavy atom. The monoisotopic (exact) mass is 232 g/mol. The van der Waals surface area contributed by atoms with Gasteiger partial charge in [0.05, 0.1) is 13.4 Å². The maximum atomic E-state index is 5.32. The van der Waals surface area contributed by atoms with Gasteiger partial charge in [0.25, 0.3) is 0 Å². The van der Waals surface area contributed by atoms with Crippen LogP contribution in [0.25, 0.3) is 11.1 Å². The Balaban J connectivity index is 2.68. The maximum absolute atomic E-state index is 5.32. The van der Waals surface area contributed by atoms with E-state index in [1.807, 2.05) is 25.1 Å². The Kier molecular flexibility index (Phi) is 3.01. The van der Waals surface area contributed by atoms with Gasteiger partial charge in [-0.1, -0.05) is 23.8 Å². The van der Waals surface area contributed by atoms with E-state index in [0.29, 0.717) is 4.64 Å². The molecule has 0 saturated carbocycles. The lowest BCUT2D eigenvalue weighted by atomic mass is 10.1. The molecule has 16 heavy (non-hydrogen) atoms. The van der Waals surface area contributed by atoms with Crippen LogP contribution in [0.2, 0.25) is 0 Å². The van der Waals surface area contributed by atoms with Crippen molar-refractivity contribution >= 4 is 12.2 Å². The number of hydrogen-bond donors (Lipinski definition) is 1. The summed E-state index contributed by atoms with van der Waals surface area (Å²) in [4.78, 5) is 6.97. The molecule has 0 fully saturated rings. The van der Waals surface area contributed by atoms with Gasteiger partial charge >= 0.3 is 0 Å². The second-order valence-corrected chi connectivity index (χ2v) is 3.91. The molecule has 0 radical (unpaired) electrons. The third kappa shape index (κ3) is 1.97. The van der Waals surface area contributed by atoms with Crippen LogP contribution < -0.4 is 4.74 Å². The number of ether oxygens (including phenoxy) is 1. The number of benzene rings is 1. The Bertz CT molecular complexity index is 563. The zero-order chi connectivity index (χ0) is 11.5. The van der Waals surface area contributed by atoms with E-state index >= 15 is 0 Å². The highest BCUT2D eigenvalue weighted by molar-refractivity contribution is 7.71. The fraction of sp³-hybridized carbons (Fsp3) is 0.167. The highest BCUT2D eigenvalue weighted by Crippen LogP contribution is 2.30. The molecular formula is C12H12N2OS. The zero-order valence-corrected chi connectivity index (χ0v) is 9.97. The van der Waals surface area contributed by atoms with Crippen molar-refractivity contribution in [3.8, 4) is 16.9 Å². The van der Waals surface area contributed by atoms with Crippen molar-refractivity contribution < 1.29 is 4.74 Å². The predicted octanol–water partition coefficient (Wildman–Crippen LogP) is 3.12. The van der Waals surface area contributed by atoms with Crippen LogP contribution in [0, 0.1) is 11.6 Å². The van der Waals surface area contributed by atoms with E-state index in [4.69, 9.17) is 17.0 Å². The molecule has 0 bridgehead atoms. The first kappa shape index (κ1) is 10.8. The molecule has 2 aromatic rings. The summed E-state index contributed by atoms with van der Waals surface area (Å²) in [5.41, 5.74) is 3.02. The minimum Gasteiger partial charge on any atom is -0.496 e. The van der Waals surface area contributed by atoms with Crippen LogP contribution in [-0.4, -0.2) is 17.1 Å². The van der Waals surface area contributed by atoms with Crippen LogP contribution in [0.1, 0.15) is 5.56 Å². The Hall–Kier alpha value is -1.68. The third-order valence-electron chi connectivity index (χ3n) is 2.36. The van der Waals surface area contributed by atoms with Crippen molar-refractivity contribution in [1.82, 2.24) is 9.97 Å². The maximum Gasteiger partial charge on any atom is 0.126 e. The van der Waals surface area contributed by atoms with Crippen molar-refractivity contribution in [3.63, 3.8) is 0 Å². The summed E-state index contributed by atoms with van der Waals surface area (Å²) in [6.07, 6.45) is 3.32. The van der Waals surface area contributed by atoms with Crippen LogP contribution in [0.15, 0.2) is 30.7 Å². The van der Waals surface area contributed by atoms with Gasteiger partial charge in [-0.05, 0) is 19.1 Å². The van der Waals surface area contributed by atoms with Gasteiger partial charge in [0.15, 0.2) is 0 Å². The molecule has 1 aromatic carbocycles. The first-order valence-electron chi connectivity index (χ1n) is 4.90. The first-order chi connectivity index (χ1) is 7.72. The van der Waals surface area contributed by atoms with E-state index < -0.39 is 0 Å². The first-order valence-corrected chi connectivity index (χ1v) is 5.31. The van der Waals surface area contributed by atoms with Gasteiger partial charge in [-0.15, -0.1) is 0 Å². The van der Waals surface area contributed by atoms with Gasteiger partial charge in [0, 0.05) is 17.3 Å². The van der Waals surface area contributed by atoms with E-state index in [1.54, 1.807) is 19.6 Å². The van der Waals surface area contributed by atoms with Crippen LogP contribution >= 0.6 is 12.2 Å². The lowest BCUT2D eigenvalue weighted by molar-refractivity contribution is 0.416. The molecule has 0 unspecified atom stereocenters. The number of H-pyrrole nitrogens is 1. The molecule has 1 aromatic heterocycles. The van der Waals surface area contributed by atoms with Gasteiger partial charge in [-0.2, -0.15) is 0 Å². The summed E-state index contributed by atoms with van der Waals surface area (Å²) in [6.45, 7) is 2.03. The predicted molar refractivity (Wildman–Crippen MR) is 66.1 cm³/mol. The average Bonchev–Trinajstić information content (AvgIpc) is 2.29. The molecule has 0 saturated heterocycles. The molecule has 3 nitrogen and oxygen atoms in total. The molecule has 0 amide bonds. The SMILES string of the molecule is COc1ccc(C)cc1-c1cnc[nH]c1=S. The van der Waals surface area contributed by atoms with Crippen molar-refractivity contribution in [3.05, 3.63) is 40.9 Å². The largest absolute Gasteiger partial charge is 0.496 e. The number of aryl methyl sites for hydroxylation is 1. The second-order valence-electron chi connectivity index (χ2n) is 3.50. The minimum atomic E-state index is 0.666. The Morgan fingerprint density at radius 1 is 1.31 bits per heavy atom. The molecule has 1 heterocycles. The van der Waals surface area contributed by atoms with Crippen molar-refractivity contribution in [2.45, 2.75) is 6.92 Å². The van der Waals surface area contributed by atoms with Crippen LogP contribution in [0.4, 0.5) is 0 Å². The van der Waals surface area contributed by atoms with E-state index in [2.05, 4.69) is 9.97 Å². The lowest BCUT2D eigenvalue weighted by Crippen LogP contribution is -1.91. The number of nitrogens with one attached hydrogen (secondary N) is 1. The van der Waals surface area contributed by atoms with Crippen molar-refractivity contribution in [1.29, 1.82) is 0 Å². The molecule has 0 atom stereocenters. The number of nitrogens with zero attached hydrogens (tertiary/aromatic N) is 1. The average molecular weight is 232 g/mol. The summed E-state index contributed by atoms with van der Waals surface area (Å²) in [5.74, 6) is 0.804. The van der Waals surface area contributed by atoms with Crippen molar-refractivity contribution in [2.24, 2.45) is 0 Å². The molecule has 0 aliphatic carbocycles. The van der Waals surface area contributed by atoms with E-state index in [-0.39, 0.29) is 0 Å². The zero-order valence-electron chi connectivity index (χ0n) is 9.15. The summed E-state index contributed by atoms with van der Waals surface area (Å²) in [7, 11) is 1.65. The van der Waals surface area contributed by atoms with Gasteiger partial charge < -0.3 is 9.72 Å². The minimum absolute atomic E-state index is 0.666. The summed E-state index contributed by atoms with van der Waals surface area (Å²) >= 11 is 5.23. The van der Waals surface area contributed by atoms with Gasteiger partial charge in [0.1, 0.15) is 10.4 Å². The van der Waals surface area contributed by atoms with Gasteiger partial charge in [0.2, 0.25) is 0 Å². The summed E-state index contributed by atoms with van der Waals surface area (Å²) in [5, 5.41) is 0. The molecule has 0 aliphatic rings. The molecule has 2 rings (SSSR count). The van der Waals surface area contributed by atoms with Gasteiger partial charge in [-0.25, -0.2) is 4.98 Å². The number of methoxy groups -OCH3 is 1. The number of rotatable bonds is 2. The fourth-order valence-electron chi connectivity index (χ4n) is 1.57. The highest BCUT2D eigenvalue weighted by atomic mass is 32.1. The lowest BCUT2D eigenvalue weighted by Gasteiger charge is -2.09. The Morgan fingerprint density at radius 2 is 2.12 bits per heavy atom. The fourth-order valence-corrected chi connectivity index (χ4v) is 1.78. The molecule has 1 N–H and O–H groups in total. The summed E-state index contributed by atoms with van der Waals surface area (Å²) < 4.78 is 5.99. The number of aromatic nitrogens is 2. The standard InChI is InChI=1S/C12H12N2OS/c1-8-3-4-11(15-2)9(5-8)10-6-13-7-14-12(10)16/h3-7H,1-2H3,(H,13,14,16). The molecule has 0 aliphatic heterocycles. The molecular weight excluding hydrogens is 220 g/mol. The van der Waals surface area contributed by atoms with Crippen molar-refractivity contribution in [2.75, 3.05) is 7.11 Å². The highest BCUT2D eigenvalue weighted by Gasteiger charge is 2.07. The van der Waals surface area contributed by atoms with E-state index in [9.17, 15) is 0 Å². The molecule has 0 spiro atoms. The van der Waals surface area contributed by atoms with Crippen LogP contribution in [-0.2, 0) is 0 Å². The Labute approximate surface area is 99.1 Å². The van der Waals surface area contributed by atoms with Crippen LogP contribution in [0.3, 0.4) is 0 Å². The van der Waals surface area contributed by atoms with Gasteiger partial charge in [-0.3, -0.25) is 0 Å². The molecule has 4 heteroatoms. The number of hydrogen-bond acceptors (Lipinski definition) is 3. The number of aromatic amines is 1. The summed E-state index contributed by atoms with van der Waals surface area (Å²) in [6, 6.07) is 5.98. The van der Waals surface area contributed by atoms with E-state index in [0.717, 1.165) is 22.4 Å². The van der Waals surface area contributed by atoms with Crippen LogP contribution in [0.5, 0.6) is 5.75 Å². The normalized spacial score (nSPS) is 10.1. The smallest absolute Gasteiger partial charge is 0.126 e. The quantitative estimate of drug-likeness (QED) is 0.808. The topological polar surface area (TPSA) is 37.9 Å².